The van der Waals surface area contributed by atoms with Crippen molar-refractivity contribution in [2.24, 2.45) is 0 Å². The molecule has 0 aliphatic heterocycles. The molecule has 64 heavy (non-hydrogen) atoms. The molecule has 358 valence electrons. The molecule has 0 aromatic heterocycles. The van der Waals surface area contributed by atoms with Crippen molar-refractivity contribution in [3.05, 3.63) is 108 Å². The van der Waals surface area contributed by atoms with Crippen LogP contribution >= 0.6 is 0 Å². The summed E-state index contributed by atoms with van der Waals surface area (Å²) in [7, 11) is 0. The molecule has 0 radical (unpaired) electrons. The van der Waals surface area contributed by atoms with Crippen LogP contribution in [-0.4, -0.2) is 55.8 Å². The first kappa shape index (κ1) is 54.9. The van der Waals surface area contributed by atoms with Gasteiger partial charge in [-0.2, -0.15) is 0 Å². The number of carbonyl (C=O) groups is 2. The molecule has 0 bridgehead atoms. The largest absolute Gasteiger partial charge is 0.458 e. The first-order valence-corrected chi connectivity index (χ1v) is 26.3. The Hall–Kier alpha value is -3.48. The van der Waals surface area contributed by atoms with Crippen molar-refractivity contribution in [1.82, 2.24) is 4.90 Å². The number of rotatable bonds is 41. The third-order valence-corrected chi connectivity index (χ3v) is 12.8. The zero-order valence-electron chi connectivity index (χ0n) is 41.1. The summed E-state index contributed by atoms with van der Waals surface area (Å²) in [6, 6.07) is 31.1. The molecule has 0 heterocycles. The molecule has 1 atom stereocenters. The monoisotopic (exact) mass is 882 g/mol. The fourth-order valence-corrected chi connectivity index (χ4v) is 9.07. The number of hydrogen-bond acceptors (Lipinski definition) is 5. The maximum atomic E-state index is 14.1. The quantitative estimate of drug-likeness (QED) is 0.0323. The van der Waals surface area contributed by atoms with Gasteiger partial charge in [0, 0.05) is 26.5 Å². The smallest absolute Gasteiger partial charge is 0.303 e. The minimum absolute atomic E-state index is 0.0699. The fourth-order valence-electron chi connectivity index (χ4n) is 9.07. The van der Waals surface area contributed by atoms with Crippen LogP contribution in [-0.2, 0) is 29.4 Å². The maximum absolute atomic E-state index is 14.1. The SMILES string of the molecule is CCCCCCCCCCCCCCCCOCC(CN(CCOC(c1ccccc1)(c1ccccc1)c1ccccc1)C(=O)CCCCCCCCCCCCCCC)OC(C)=O. The average Bonchev–Trinajstić information content (AvgIpc) is 3.32. The van der Waals surface area contributed by atoms with Crippen LogP contribution in [0, 0.1) is 0 Å². The van der Waals surface area contributed by atoms with Crippen molar-refractivity contribution in [3.63, 3.8) is 0 Å². The summed E-state index contributed by atoms with van der Waals surface area (Å²) >= 11 is 0. The van der Waals surface area contributed by atoms with Crippen molar-refractivity contribution in [1.29, 1.82) is 0 Å². The number of esters is 1. The maximum Gasteiger partial charge on any atom is 0.303 e. The van der Waals surface area contributed by atoms with Gasteiger partial charge < -0.3 is 19.1 Å². The predicted molar refractivity (Wildman–Crippen MR) is 269 cm³/mol. The Balaban J connectivity index is 1.57. The Morgan fingerprint density at radius 1 is 0.484 bits per heavy atom. The van der Waals surface area contributed by atoms with Crippen molar-refractivity contribution >= 4 is 11.9 Å². The second-order valence-corrected chi connectivity index (χ2v) is 18.4. The van der Waals surface area contributed by atoms with Gasteiger partial charge in [0.1, 0.15) is 11.7 Å². The number of unbranched alkanes of at least 4 members (excludes halogenated alkanes) is 25. The van der Waals surface area contributed by atoms with E-state index in [-0.39, 0.29) is 31.6 Å². The molecular formula is C58H91NO5. The molecule has 0 saturated carbocycles. The van der Waals surface area contributed by atoms with E-state index in [9.17, 15) is 9.59 Å². The van der Waals surface area contributed by atoms with Crippen LogP contribution in [0.2, 0.25) is 0 Å². The lowest BCUT2D eigenvalue weighted by Gasteiger charge is -2.37. The highest BCUT2D eigenvalue weighted by Crippen LogP contribution is 2.40. The van der Waals surface area contributed by atoms with E-state index in [1.54, 1.807) is 0 Å². The van der Waals surface area contributed by atoms with Crippen molar-refractivity contribution in [2.45, 2.75) is 212 Å². The summed E-state index contributed by atoms with van der Waals surface area (Å²) in [5, 5.41) is 0. The van der Waals surface area contributed by atoms with E-state index in [4.69, 9.17) is 14.2 Å². The Labute approximate surface area is 392 Å². The highest BCUT2D eigenvalue weighted by Gasteiger charge is 2.37. The molecule has 6 nitrogen and oxygen atoms in total. The lowest BCUT2D eigenvalue weighted by molar-refractivity contribution is -0.153. The summed E-state index contributed by atoms with van der Waals surface area (Å²) in [6.07, 6.45) is 34.7. The molecular weight excluding hydrogens is 791 g/mol. The van der Waals surface area contributed by atoms with Crippen molar-refractivity contribution in [3.8, 4) is 0 Å². The minimum Gasteiger partial charge on any atom is -0.458 e. The number of benzene rings is 3. The zero-order valence-corrected chi connectivity index (χ0v) is 41.1. The molecule has 6 heteroatoms. The summed E-state index contributed by atoms with van der Waals surface area (Å²) in [4.78, 5) is 28.4. The van der Waals surface area contributed by atoms with Crippen LogP contribution in [0.1, 0.15) is 217 Å². The summed E-state index contributed by atoms with van der Waals surface area (Å²) in [5.41, 5.74) is 2.17. The Bertz CT molecular complexity index is 1440. The third kappa shape index (κ3) is 23.6. The van der Waals surface area contributed by atoms with Crippen LogP contribution in [0.4, 0.5) is 0 Å². The molecule has 0 saturated heterocycles. The molecule has 1 amide bonds. The van der Waals surface area contributed by atoms with Gasteiger partial charge in [-0.3, -0.25) is 9.59 Å². The summed E-state index contributed by atoms with van der Waals surface area (Å²) in [6.45, 7) is 7.81. The van der Waals surface area contributed by atoms with Gasteiger partial charge in [-0.15, -0.1) is 0 Å². The number of amides is 1. The zero-order chi connectivity index (χ0) is 45.6. The van der Waals surface area contributed by atoms with Crippen LogP contribution in [0.5, 0.6) is 0 Å². The topological polar surface area (TPSA) is 65.1 Å². The van der Waals surface area contributed by atoms with Gasteiger partial charge in [0.2, 0.25) is 5.91 Å². The van der Waals surface area contributed by atoms with E-state index in [0.29, 0.717) is 19.6 Å². The van der Waals surface area contributed by atoms with E-state index >= 15 is 0 Å². The van der Waals surface area contributed by atoms with Gasteiger partial charge in [0.25, 0.3) is 0 Å². The van der Waals surface area contributed by atoms with Gasteiger partial charge in [0.15, 0.2) is 0 Å². The number of ether oxygens (including phenoxy) is 3. The van der Waals surface area contributed by atoms with Gasteiger partial charge >= 0.3 is 5.97 Å². The molecule has 0 spiro atoms. The first-order valence-electron chi connectivity index (χ1n) is 26.3. The molecule has 0 aliphatic rings. The van der Waals surface area contributed by atoms with Gasteiger partial charge in [0.05, 0.1) is 19.8 Å². The number of nitrogens with zero attached hydrogens (tertiary/aromatic N) is 1. The van der Waals surface area contributed by atoms with E-state index < -0.39 is 11.7 Å². The molecule has 1 unspecified atom stereocenters. The van der Waals surface area contributed by atoms with Crippen molar-refractivity contribution < 1.29 is 23.8 Å². The summed E-state index contributed by atoms with van der Waals surface area (Å²) < 4.78 is 19.1. The molecule has 3 aromatic rings. The van der Waals surface area contributed by atoms with Crippen LogP contribution < -0.4 is 0 Å². The molecule has 0 fully saturated rings. The van der Waals surface area contributed by atoms with Crippen LogP contribution in [0.25, 0.3) is 0 Å². The van der Waals surface area contributed by atoms with E-state index in [0.717, 1.165) is 48.8 Å². The van der Waals surface area contributed by atoms with Gasteiger partial charge in [-0.05, 0) is 29.5 Å². The molecule has 3 rings (SSSR count). The van der Waals surface area contributed by atoms with Gasteiger partial charge in [-0.1, -0.05) is 265 Å². The number of carbonyl (C=O) groups excluding carboxylic acids is 2. The van der Waals surface area contributed by atoms with E-state index in [1.165, 1.54) is 148 Å². The second-order valence-electron chi connectivity index (χ2n) is 18.4. The lowest BCUT2D eigenvalue weighted by Crippen LogP contribution is -2.44. The Kier molecular flexibility index (Phi) is 31.5. The normalized spacial score (nSPS) is 12.0. The molecule has 3 aromatic carbocycles. The molecule has 0 aliphatic carbocycles. The third-order valence-electron chi connectivity index (χ3n) is 12.8. The highest BCUT2D eigenvalue weighted by atomic mass is 16.6. The van der Waals surface area contributed by atoms with Gasteiger partial charge in [-0.25, -0.2) is 0 Å². The van der Waals surface area contributed by atoms with Crippen LogP contribution in [0.15, 0.2) is 91.0 Å². The minimum atomic E-state index is -0.889. The van der Waals surface area contributed by atoms with Crippen molar-refractivity contribution in [2.75, 3.05) is 32.9 Å². The standard InChI is InChI=1S/C58H91NO5/c1-4-6-8-10-12-14-16-18-20-22-24-26-28-39-48-62-51-56(64-52(3)60)50-59(57(61)46-38-27-25-23-21-19-17-15-13-11-9-7-5-2)47-49-63-58(53-40-32-29-33-41-53,54-42-34-30-35-43-54)55-44-36-31-37-45-55/h29-37,40-45,56H,4-28,38-39,46-51H2,1-3H3. The highest BCUT2D eigenvalue weighted by molar-refractivity contribution is 5.76. The van der Waals surface area contributed by atoms with E-state index in [2.05, 4.69) is 50.2 Å². The van der Waals surface area contributed by atoms with Crippen LogP contribution in [0.3, 0.4) is 0 Å². The fraction of sp³-hybridized carbons (Fsp3) is 0.655. The number of hydrogen-bond donors (Lipinski definition) is 0. The molecule has 0 N–H and O–H groups in total. The lowest BCUT2D eigenvalue weighted by atomic mass is 9.80. The first-order chi connectivity index (χ1) is 31.5. The average molecular weight is 882 g/mol. The Morgan fingerprint density at radius 3 is 1.22 bits per heavy atom. The Morgan fingerprint density at radius 2 is 0.844 bits per heavy atom. The summed E-state index contributed by atoms with van der Waals surface area (Å²) in [5.74, 6) is -0.290. The van der Waals surface area contributed by atoms with E-state index in [1.807, 2.05) is 59.5 Å². The predicted octanol–water partition coefficient (Wildman–Crippen LogP) is 15.7. The second kappa shape index (κ2) is 36.7.